The van der Waals surface area contributed by atoms with Crippen molar-refractivity contribution in [1.82, 2.24) is 24.6 Å². The number of rotatable bonds is 3. The maximum atomic E-state index is 4.31. The van der Waals surface area contributed by atoms with Crippen molar-refractivity contribution in [2.75, 3.05) is 13.1 Å². The van der Waals surface area contributed by atoms with Crippen LogP contribution < -0.4 is 0 Å². The van der Waals surface area contributed by atoms with Crippen LogP contribution in [-0.4, -0.2) is 37.7 Å². The molecule has 2 aromatic rings. The third kappa shape index (κ3) is 2.44. The Balaban J connectivity index is 1.55. The quantitative estimate of drug-likeness (QED) is 0.867. The first kappa shape index (κ1) is 11.8. The van der Waals surface area contributed by atoms with Crippen LogP contribution in [0.15, 0.2) is 29.3 Å². The van der Waals surface area contributed by atoms with Crippen molar-refractivity contribution >= 4 is 15.9 Å². The average Bonchev–Trinajstić information content (AvgIpc) is 2.72. The van der Waals surface area contributed by atoms with Crippen molar-refractivity contribution in [3.05, 3.63) is 40.6 Å². The zero-order valence-corrected chi connectivity index (χ0v) is 11.7. The van der Waals surface area contributed by atoms with Gasteiger partial charge < -0.3 is 0 Å². The maximum absolute atomic E-state index is 4.31. The summed E-state index contributed by atoms with van der Waals surface area (Å²) >= 11 is 3.42. The molecule has 0 saturated carbocycles. The van der Waals surface area contributed by atoms with Gasteiger partial charge in [0.15, 0.2) is 0 Å². The molecule has 0 amide bonds. The highest BCUT2D eigenvalue weighted by molar-refractivity contribution is 9.10. The van der Waals surface area contributed by atoms with Crippen molar-refractivity contribution in [3.8, 4) is 0 Å². The summed E-state index contributed by atoms with van der Waals surface area (Å²) < 4.78 is 3.06. The van der Waals surface area contributed by atoms with Crippen LogP contribution in [0.3, 0.4) is 0 Å². The van der Waals surface area contributed by atoms with E-state index >= 15 is 0 Å². The van der Waals surface area contributed by atoms with Crippen molar-refractivity contribution < 1.29 is 0 Å². The molecule has 0 spiro atoms. The predicted octanol–water partition coefficient (Wildman–Crippen LogP) is 1.80. The molecule has 6 heteroatoms. The van der Waals surface area contributed by atoms with Gasteiger partial charge in [-0.25, -0.2) is 9.97 Å². The van der Waals surface area contributed by atoms with E-state index in [4.69, 9.17) is 0 Å². The molecule has 0 atom stereocenters. The summed E-state index contributed by atoms with van der Waals surface area (Å²) in [7, 11) is 0. The molecule has 0 aliphatic carbocycles. The lowest BCUT2D eigenvalue weighted by molar-refractivity contribution is 0.0906. The van der Waals surface area contributed by atoms with Crippen LogP contribution in [0.5, 0.6) is 0 Å². The summed E-state index contributed by atoms with van der Waals surface area (Å²) in [6, 6.07) is 0.489. The SMILES string of the molecule is Cc1ncc(CN2CC(n3cc(Br)cn3)C2)cn1. The Bertz CT molecular complexity index is 530. The van der Waals surface area contributed by atoms with E-state index in [-0.39, 0.29) is 0 Å². The zero-order chi connectivity index (χ0) is 12.5. The molecule has 2 aromatic heterocycles. The van der Waals surface area contributed by atoms with Gasteiger partial charge in [-0.15, -0.1) is 0 Å². The molecule has 94 valence electrons. The van der Waals surface area contributed by atoms with Gasteiger partial charge in [0, 0.05) is 43.8 Å². The van der Waals surface area contributed by atoms with E-state index in [1.807, 2.05) is 36.4 Å². The number of aromatic nitrogens is 4. The van der Waals surface area contributed by atoms with Gasteiger partial charge in [-0.2, -0.15) is 5.10 Å². The molecule has 3 heterocycles. The van der Waals surface area contributed by atoms with Gasteiger partial charge in [0.05, 0.1) is 16.7 Å². The van der Waals surface area contributed by atoms with Crippen molar-refractivity contribution in [2.24, 2.45) is 0 Å². The van der Waals surface area contributed by atoms with Gasteiger partial charge in [-0.1, -0.05) is 0 Å². The number of hydrogen-bond acceptors (Lipinski definition) is 4. The molecule has 0 unspecified atom stereocenters. The Morgan fingerprint density at radius 1 is 1.28 bits per heavy atom. The Kier molecular flexibility index (Phi) is 3.13. The Labute approximate surface area is 114 Å². The van der Waals surface area contributed by atoms with E-state index < -0.39 is 0 Å². The van der Waals surface area contributed by atoms with Crippen molar-refractivity contribution in [3.63, 3.8) is 0 Å². The van der Waals surface area contributed by atoms with E-state index in [2.05, 4.69) is 35.9 Å². The fraction of sp³-hybridized carbons (Fsp3) is 0.417. The molecule has 0 bridgehead atoms. The summed E-state index contributed by atoms with van der Waals surface area (Å²) in [4.78, 5) is 10.8. The molecule has 1 aliphatic heterocycles. The molecular weight excluding hydrogens is 294 g/mol. The number of hydrogen-bond donors (Lipinski definition) is 0. The van der Waals surface area contributed by atoms with Gasteiger partial charge in [-0.3, -0.25) is 9.58 Å². The van der Waals surface area contributed by atoms with Gasteiger partial charge in [0.2, 0.25) is 0 Å². The number of likely N-dealkylation sites (tertiary alicyclic amines) is 1. The fourth-order valence-corrected chi connectivity index (χ4v) is 2.41. The van der Waals surface area contributed by atoms with E-state index in [0.29, 0.717) is 6.04 Å². The molecule has 1 fully saturated rings. The highest BCUT2D eigenvalue weighted by Gasteiger charge is 2.28. The fourth-order valence-electron chi connectivity index (χ4n) is 2.11. The molecule has 1 saturated heterocycles. The summed E-state index contributed by atoms with van der Waals surface area (Å²) in [5.74, 6) is 0.821. The monoisotopic (exact) mass is 307 g/mol. The number of nitrogens with zero attached hydrogens (tertiary/aromatic N) is 5. The number of aryl methyl sites for hydroxylation is 1. The maximum Gasteiger partial charge on any atom is 0.125 e. The summed E-state index contributed by atoms with van der Waals surface area (Å²) in [6.45, 7) is 4.88. The molecule has 3 rings (SSSR count). The highest BCUT2D eigenvalue weighted by atomic mass is 79.9. The van der Waals surface area contributed by atoms with Gasteiger partial charge >= 0.3 is 0 Å². The van der Waals surface area contributed by atoms with Crippen molar-refractivity contribution in [1.29, 1.82) is 0 Å². The zero-order valence-electron chi connectivity index (χ0n) is 10.1. The second-order valence-electron chi connectivity index (χ2n) is 4.62. The minimum atomic E-state index is 0.489. The third-order valence-electron chi connectivity index (χ3n) is 3.12. The first-order valence-electron chi connectivity index (χ1n) is 5.90. The van der Waals surface area contributed by atoms with Crippen LogP contribution in [0.2, 0.25) is 0 Å². The van der Waals surface area contributed by atoms with Crippen LogP contribution in [0.1, 0.15) is 17.4 Å². The summed E-state index contributed by atoms with van der Waals surface area (Å²) in [5.41, 5.74) is 1.17. The molecule has 0 N–H and O–H groups in total. The first-order chi connectivity index (χ1) is 8.70. The van der Waals surface area contributed by atoms with E-state index in [1.165, 1.54) is 5.56 Å². The largest absolute Gasteiger partial charge is 0.295 e. The molecule has 0 aromatic carbocycles. The molecule has 18 heavy (non-hydrogen) atoms. The summed E-state index contributed by atoms with van der Waals surface area (Å²) in [5, 5.41) is 4.31. The normalized spacial score (nSPS) is 16.8. The second-order valence-corrected chi connectivity index (χ2v) is 5.54. The van der Waals surface area contributed by atoms with Gasteiger partial charge in [0.25, 0.3) is 0 Å². The van der Waals surface area contributed by atoms with Crippen LogP contribution >= 0.6 is 15.9 Å². The predicted molar refractivity (Wildman–Crippen MR) is 71.0 cm³/mol. The summed E-state index contributed by atoms with van der Waals surface area (Å²) in [6.07, 6.45) is 7.66. The molecular formula is C12H14BrN5. The smallest absolute Gasteiger partial charge is 0.125 e. The lowest BCUT2D eigenvalue weighted by Gasteiger charge is -2.39. The minimum absolute atomic E-state index is 0.489. The molecule has 0 radical (unpaired) electrons. The Hall–Kier alpha value is -1.27. The molecule has 1 aliphatic rings. The lowest BCUT2D eigenvalue weighted by atomic mass is 10.1. The lowest BCUT2D eigenvalue weighted by Crippen LogP contribution is -2.47. The van der Waals surface area contributed by atoms with Crippen LogP contribution in [0.25, 0.3) is 0 Å². The standard InChI is InChI=1S/C12H14BrN5/c1-9-14-2-10(3-15-9)5-17-7-12(8-17)18-6-11(13)4-16-18/h2-4,6,12H,5,7-8H2,1H3. The highest BCUT2D eigenvalue weighted by Crippen LogP contribution is 2.23. The topological polar surface area (TPSA) is 46.8 Å². The van der Waals surface area contributed by atoms with Gasteiger partial charge in [-0.05, 0) is 22.9 Å². The van der Waals surface area contributed by atoms with Crippen LogP contribution in [0, 0.1) is 6.92 Å². The van der Waals surface area contributed by atoms with Crippen LogP contribution in [0.4, 0.5) is 0 Å². The second kappa shape index (κ2) is 4.78. The average molecular weight is 308 g/mol. The van der Waals surface area contributed by atoms with Gasteiger partial charge in [0.1, 0.15) is 5.82 Å². The minimum Gasteiger partial charge on any atom is -0.295 e. The Morgan fingerprint density at radius 2 is 2.00 bits per heavy atom. The number of halogens is 1. The van der Waals surface area contributed by atoms with Crippen molar-refractivity contribution in [2.45, 2.75) is 19.5 Å². The van der Waals surface area contributed by atoms with Crippen LogP contribution in [-0.2, 0) is 6.54 Å². The Morgan fingerprint density at radius 3 is 2.61 bits per heavy atom. The van der Waals surface area contributed by atoms with E-state index in [0.717, 1.165) is 29.9 Å². The van der Waals surface area contributed by atoms with E-state index in [1.54, 1.807) is 0 Å². The van der Waals surface area contributed by atoms with E-state index in [9.17, 15) is 0 Å². The molecule has 5 nitrogen and oxygen atoms in total. The first-order valence-corrected chi connectivity index (χ1v) is 6.69. The third-order valence-corrected chi connectivity index (χ3v) is 3.53.